The Labute approximate surface area is 156 Å². The van der Waals surface area contributed by atoms with Crippen LogP contribution in [0.4, 0.5) is 4.39 Å². The van der Waals surface area contributed by atoms with Crippen molar-refractivity contribution in [1.82, 2.24) is 19.5 Å². The largest absolute Gasteiger partial charge is 0.341 e. The van der Waals surface area contributed by atoms with Gasteiger partial charge in [-0.15, -0.1) is 10.2 Å². The number of halogens is 1. The van der Waals surface area contributed by atoms with Gasteiger partial charge in [-0.05, 0) is 55.5 Å². The number of amides is 1. The van der Waals surface area contributed by atoms with Crippen LogP contribution < -0.4 is 0 Å². The molecule has 3 aromatic rings. The number of hydrogen-bond donors (Lipinski definition) is 0. The van der Waals surface area contributed by atoms with Gasteiger partial charge >= 0.3 is 0 Å². The molecule has 1 aromatic carbocycles. The van der Waals surface area contributed by atoms with Crippen LogP contribution in [0.3, 0.4) is 0 Å². The Kier molecular flexibility index (Phi) is 3.74. The molecule has 3 heterocycles. The molecule has 138 valence electrons. The van der Waals surface area contributed by atoms with Gasteiger partial charge in [-0.3, -0.25) is 9.20 Å². The minimum atomic E-state index is -0.531. The van der Waals surface area contributed by atoms with Crippen molar-refractivity contribution in [2.24, 2.45) is 0 Å². The second-order valence-corrected chi connectivity index (χ2v) is 7.67. The standard InChI is InChI=1S/C21H21FN4O/c22-17-7-3-6-16(13-17)21(9-10-21)20(27)25-11-4-5-15(14-25)19-24-23-18-8-1-2-12-26(18)19/h1-3,6-8,12-13,15H,4-5,9-11,14H2. The molecular weight excluding hydrogens is 343 g/mol. The highest BCUT2D eigenvalue weighted by Crippen LogP contribution is 2.50. The Morgan fingerprint density at radius 2 is 2.04 bits per heavy atom. The number of nitrogens with zero attached hydrogens (tertiary/aromatic N) is 4. The normalized spacial score (nSPS) is 21.4. The van der Waals surface area contributed by atoms with Gasteiger partial charge in [0, 0.05) is 25.2 Å². The fourth-order valence-electron chi connectivity index (χ4n) is 4.35. The summed E-state index contributed by atoms with van der Waals surface area (Å²) in [7, 11) is 0. The van der Waals surface area contributed by atoms with Gasteiger partial charge in [0.25, 0.3) is 0 Å². The molecule has 2 aliphatic rings. The Bertz CT molecular complexity index is 1010. The Morgan fingerprint density at radius 1 is 1.15 bits per heavy atom. The van der Waals surface area contributed by atoms with Gasteiger partial charge in [-0.25, -0.2) is 4.39 Å². The minimum Gasteiger partial charge on any atom is -0.341 e. The molecule has 0 spiro atoms. The molecule has 2 fully saturated rings. The van der Waals surface area contributed by atoms with E-state index in [-0.39, 0.29) is 17.6 Å². The molecule has 1 saturated heterocycles. The number of carbonyl (C=O) groups excluding carboxylic acids is 1. The van der Waals surface area contributed by atoms with E-state index in [4.69, 9.17) is 0 Å². The van der Waals surface area contributed by atoms with E-state index in [1.54, 1.807) is 6.07 Å². The van der Waals surface area contributed by atoms with Crippen LogP contribution in [0.15, 0.2) is 48.7 Å². The van der Waals surface area contributed by atoms with Crippen molar-refractivity contribution < 1.29 is 9.18 Å². The van der Waals surface area contributed by atoms with E-state index in [2.05, 4.69) is 10.2 Å². The molecule has 1 amide bonds. The van der Waals surface area contributed by atoms with Gasteiger partial charge in [-0.2, -0.15) is 0 Å². The third-order valence-electron chi connectivity index (χ3n) is 5.95. The molecule has 1 unspecified atom stereocenters. The van der Waals surface area contributed by atoms with Crippen molar-refractivity contribution in [2.45, 2.75) is 37.0 Å². The molecule has 1 saturated carbocycles. The Morgan fingerprint density at radius 3 is 2.85 bits per heavy atom. The quantitative estimate of drug-likeness (QED) is 0.716. The van der Waals surface area contributed by atoms with E-state index in [0.717, 1.165) is 49.3 Å². The number of fused-ring (bicyclic) bond motifs is 1. The van der Waals surface area contributed by atoms with E-state index in [1.807, 2.05) is 39.8 Å². The van der Waals surface area contributed by atoms with Crippen LogP contribution in [0.25, 0.3) is 5.65 Å². The highest BCUT2D eigenvalue weighted by atomic mass is 19.1. The second kappa shape index (κ2) is 6.15. The van der Waals surface area contributed by atoms with Gasteiger partial charge in [0.2, 0.25) is 5.91 Å². The number of aromatic nitrogens is 3. The van der Waals surface area contributed by atoms with Crippen LogP contribution in [-0.2, 0) is 10.2 Å². The van der Waals surface area contributed by atoms with Gasteiger partial charge in [0.1, 0.15) is 11.6 Å². The summed E-state index contributed by atoms with van der Waals surface area (Å²) < 4.78 is 15.7. The summed E-state index contributed by atoms with van der Waals surface area (Å²) in [4.78, 5) is 15.3. The lowest BCUT2D eigenvalue weighted by atomic mass is 9.91. The van der Waals surface area contributed by atoms with Crippen LogP contribution in [0.5, 0.6) is 0 Å². The first-order valence-corrected chi connectivity index (χ1v) is 9.52. The summed E-state index contributed by atoms with van der Waals surface area (Å²) in [6.07, 6.45) is 5.50. The summed E-state index contributed by atoms with van der Waals surface area (Å²) in [6, 6.07) is 12.4. The topological polar surface area (TPSA) is 50.5 Å². The monoisotopic (exact) mass is 364 g/mol. The molecule has 1 atom stereocenters. The molecule has 0 radical (unpaired) electrons. The molecule has 1 aliphatic carbocycles. The number of likely N-dealkylation sites (tertiary alicyclic amines) is 1. The lowest BCUT2D eigenvalue weighted by Gasteiger charge is -2.34. The smallest absolute Gasteiger partial charge is 0.233 e. The first-order valence-electron chi connectivity index (χ1n) is 9.52. The second-order valence-electron chi connectivity index (χ2n) is 7.67. The zero-order chi connectivity index (χ0) is 18.4. The van der Waals surface area contributed by atoms with E-state index < -0.39 is 5.41 Å². The molecule has 1 aliphatic heterocycles. The molecule has 2 aromatic heterocycles. The van der Waals surface area contributed by atoms with E-state index >= 15 is 0 Å². The first kappa shape index (κ1) is 16.4. The molecule has 0 bridgehead atoms. The highest BCUT2D eigenvalue weighted by Gasteiger charge is 2.53. The summed E-state index contributed by atoms with van der Waals surface area (Å²) in [6.45, 7) is 1.40. The van der Waals surface area contributed by atoms with Crippen molar-refractivity contribution >= 4 is 11.6 Å². The van der Waals surface area contributed by atoms with Gasteiger partial charge in [-0.1, -0.05) is 18.2 Å². The average Bonchev–Trinajstić information content (AvgIpc) is 3.41. The number of carbonyl (C=O) groups is 1. The van der Waals surface area contributed by atoms with Crippen LogP contribution >= 0.6 is 0 Å². The van der Waals surface area contributed by atoms with E-state index in [9.17, 15) is 9.18 Å². The van der Waals surface area contributed by atoms with Gasteiger partial charge < -0.3 is 4.90 Å². The van der Waals surface area contributed by atoms with Crippen LogP contribution in [-0.4, -0.2) is 38.5 Å². The number of piperidine rings is 1. The van der Waals surface area contributed by atoms with Crippen LogP contribution in [0, 0.1) is 5.82 Å². The Hall–Kier alpha value is -2.76. The highest BCUT2D eigenvalue weighted by molar-refractivity contribution is 5.91. The predicted octanol–water partition coefficient (Wildman–Crippen LogP) is 3.31. The predicted molar refractivity (Wildman–Crippen MR) is 98.9 cm³/mol. The number of hydrogen-bond acceptors (Lipinski definition) is 3. The fourth-order valence-corrected chi connectivity index (χ4v) is 4.35. The molecule has 5 rings (SSSR count). The third-order valence-corrected chi connectivity index (χ3v) is 5.95. The Balaban J connectivity index is 1.40. The molecule has 6 heteroatoms. The number of benzene rings is 1. The lowest BCUT2D eigenvalue weighted by molar-refractivity contribution is -0.135. The lowest BCUT2D eigenvalue weighted by Crippen LogP contribution is -2.44. The van der Waals surface area contributed by atoms with Crippen molar-refractivity contribution in [2.75, 3.05) is 13.1 Å². The van der Waals surface area contributed by atoms with Crippen LogP contribution in [0.1, 0.15) is 43.0 Å². The molecule has 5 nitrogen and oxygen atoms in total. The van der Waals surface area contributed by atoms with Gasteiger partial charge in [0.05, 0.1) is 5.41 Å². The summed E-state index contributed by atoms with van der Waals surface area (Å²) >= 11 is 0. The zero-order valence-electron chi connectivity index (χ0n) is 15.0. The van der Waals surface area contributed by atoms with Crippen LogP contribution in [0.2, 0.25) is 0 Å². The maximum absolute atomic E-state index is 13.7. The van der Waals surface area contributed by atoms with Crippen molar-refractivity contribution in [3.63, 3.8) is 0 Å². The van der Waals surface area contributed by atoms with E-state index in [0.29, 0.717) is 6.54 Å². The molecule has 0 N–H and O–H groups in total. The third kappa shape index (κ3) is 2.71. The first-order chi connectivity index (χ1) is 13.2. The summed E-state index contributed by atoms with van der Waals surface area (Å²) in [5, 5.41) is 8.64. The van der Waals surface area contributed by atoms with Crippen molar-refractivity contribution in [3.8, 4) is 0 Å². The SMILES string of the molecule is O=C(N1CCCC(c2nnc3ccccn23)C1)C1(c2cccc(F)c2)CC1. The number of pyridine rings is 1. The average molecular weight is 364 g/mol. The summed E-state index contributed by atoms with van der Waals surface area (Å²) in [5.41, 5.74) is 1.11. The maximum Gasteiger partial charge on any atom is 0.233 e. The number of rotatable bonds is 3. The summed E-state index contributed by atoms with van der Waals surface area (Å²) in [5.74, 6) is 0.937. The van der Waals surface area contributed by atoms with Gasteiger partial charge in [0.15, 0.2) is 5.65 Å². The van der Waals surface area contributed by atoms with E-state index in [1.165, 1.54) is 12.1 Å². The zero-order valence-corrected chi connectivity index (χ0v) is 15.0. The maximum atomic E-state index is 13.7. The minimum absolute atomic E-state index is 0.131. The fraction of sp³-hybridized carbons (Fsp3) is 0.381. The van der Waals surface area contributed by atoms with Crippen molar-refractivity contribution in [3.05, 3.63) is 65.9 Å². The molecular formula is C21H21FN4O. The van der Waals surface area contributed by atoms with Crippen molar-refractivity contribution in [1.29, 1.82) is 0 Å². The molecule has 27 heavy (non-hydrogen) atoms.